The maximum Gasteiger partial charge on any atom is 0.188 e. The van der Waals surface area contributed by atoms with Crippen molar-refractivity contribution in [3.63, 3.8) is 0 Å². The fourth-order valence-corrected chi connectivity index (χ4v) is 2.84. The maximum atomic E-state index is 5.92. The van der Waals surface area contributed by atoms with Crippen LogP contribution in [0.25, 0.3) is 0 Å². The molecule has 0 bridgehead atoms. The van der Waals surface area contributed by atoms with Crippen LogP contribution < -0.4 is 11.1 Å². The largest absolute Gasteiger partial charge is 0.370 e. The zero-order chi connectivity index (χ0) is 14.9. The third-order valence-corrected chi connectivity index (χ3v) is 3.98. The third-order valence-electron chi connectivity index (χ3n) is 3.98. The van der Waals surface area contributed by atoms with E-state index in [1.54, 1.807) is 0 Å². The minimum atomic E-state index is 0.550. The van der Waals surface area contributed by atoms with Crippen molar-refractivity contribution in [3.05, 3.63) is 35.9 Å². The Hall–Kier alpha value is -1.55. The van der Waals surface area contributed by atoms with Gasteiger partial charge >= 0.3 is 0 Å². The molecule has 1 saturated carbocycles. The van der Waals surface area contributed by atoms with Crippen molar-refractivity contribution in [1.29, 1.82) is 0 Å². The summed E-state index contributed by atoms with van der Waals surface area (Å²) >= 11 is 0. The van der Waals surface area contributed by atoms with E-state index in [9.17, 15) is 0 Å². The molecular formula is C17H28N4. The average molecular weight is 288 g/mol. The molecule has 1 aromatic carbocycles. The van der Waals surface area contributed by atoms with E-state index < -0.39 is 0 Å². The quantitative estimate of drug-likeness (QED) is 0.460. The van der Waals surface area contributed by atoms with Gasteiger partial charge in [0.2, 0.25) is 0 Å². The molecule has 21 heavy (non-hydrogen) atoms. The molecule has 0 heterocycles. The average Bonchev–Trinajstić information content (AvgIpc) is 2.97. The molecule has 1 aliphatic carbocycles. The van der Waals surface area contributed by atoms with Crippen LogP contribution in [0, 0.1) is 0 Å². The number of nitrogens with zero attached hydrogens (tertiary/aromatic N) is 2. The van der Waals surface area contributed by atoms with Crippen LogP contribution in [0.15, 0.2) is 35.3 Å². The maximum absolute atomic E-state index is 5.92. The van der Waals surface area contributed by atoms with Gasteiger partial charge in [0.1, 0.15) is 0 Å². The van der Waals surface area contributed by atoms with Gasteiger partial charge in [-0.25, -0.2) is 0 Å². The minimum Gasteiger partial charge on any atom is -0.370 e. The van der Waals surface area contributed by atoms with E-state index in [-0.39, 0.29) is 0 Å². The van der Waals surface area contributed by atoms with E-state index in [0.29, 0.717) is 12.0 Å². The molecule has 1 fully saturated rings. The Morgan fingerprint density at radius 2 is 2.00 bits per heavy atom. The van der Waals surface area contributed by atoms with Crippen LogP contribution in [-0.2, 0) is 6.54 Å². The van der Waals surface area contributed by atoms with Gasteiger partial charge in [-0.1, -0.05) is 43.2 Å². The Labute approximate surface area is 128 Å². The highest BCUT2D eigenvalue weighted by molar-refractivity contribution is 5.78. The monoisotopic (exact) mass is 288 g/mol. The van der Waals surface area contributed by atoms with Gasteiger partial charge in [0, 0.05) is 19.1 Å². The first-order chi connectivity index (χ1) is 10.2. The number of guanidine groups is 1. The van der Waals surface area contributed by atoms with Crippen LogP contribution >= 0.6 is 0 Å². The van der Waals surface area contributed by atoms with Gasteiger partial charge in [0.25, 0.3) is 0 Å². The van der Waals surface area contributed by atoms with Crippen LogP contribution in [0.5, 0.6) is 0 Å². The Kier molecular flexibility index (Phi) is 6.54. The fourth-order valence-electron chi connectivity index (χ4n) is 2.84. The molecule has 0 aliphatic heterocycles. The molecule has 1 aromatic rings. The lowest BCUT2D eigenvalue weighted by Gasteiger charge is -2.16. The molecule has 0 radical (unpaired) electrons. The number of aliphatic imine (C=N–C) groups is 1. The van der Waals surface area contributed by atoms with Gasteiger partial charge < -0.3 is 16.0 Å². The summed E-state index contributed by atoms with van der Waals surface area (Å²) in [5.41, 5.74) is 7.27. The molecule has 116 valence electrons. The molecule has 0 unspecified atom stereocenters. The molecule has 0 amide bonds. The standard InChI is InChI=1S/C17H28N4/c1-21(14-15-8-3-2-4-9-15)13-7-12-19-17(18)20-16-10-5-6-11-16/h2-4,8-9,16H,5-7,10-14H2,1H3,(H3,18,19,20). The normalized spacial score (nSPS) is 16.6. The highest BCUT2D eigenvalue weighted by Gasteiger charge is 2.14. The van der Waals surface area contributed by atoms with Crippen LogP contribution in [0.2, 0.25) is 0 Å². The van der Waals surface area contributed by atoms with Gasteiger partial charge in [0.05, 0.1) is 0 Å². The Balaban J connectivity index is 1.59. The van der Waals surface area contributed by atoms with Crippen LogP contribution in [0.1, 0.15) is 37.7 Å². The Morgan fingerprint density at radius 1 is 1.29 bits per heavy atom. The lowest BCUT2D eigenvalue weighted by atomic mass is 10.2. The zero-order valence-electron chi connectivity index (χ0n) is 13.1. The molecule has 3 N–H and O–H groups in total. The van der Waals surface area contributed by atoms with Crippen LogP contribution in [0.3, 0.4) is 0 Å². The van der Waals surface area contributed by atoms with Gasteiger partial charge in [-0.2, -0.15) is 0 Å². The third kappa shape index (κ3) is 6.17. The van der Waals surface area contributed by atoms with Crippen LogP contribution in [0.4, 0.5) is 0 Å². The van der Waals surface area contributed by atoms with Crippen LogP contribution in [-0.4, -0.2) is 37.0 Å². The Morgan fingerprint density at radius 3 is 2.71 bits per heavy atom. The summed E-state index contributed by atoms with van der Waals surface area (Å²) in [5.74, 6) is 0.618. The second-order valence-electron chi connectivity index (χ2n) is 5.97. The number of hydrogen-bond donors (Lipinski definition) is 2. The van der Waals surface area contributed by atoms with Crippen molar-refractivity contribution < 1.29 is 0 Å². The SMILES string of the molecule is CN(CCCN=C(N)NC1CCCC1)Cc1ccccc1. The fraction of sp³-hybridized carbons (Fsp3) is 0.588. The lowest BCUT2D eigenvalue weighted by molar-refractivity contribution is 0.324. The van der Waals surface area contributed by atoms with Crippen molar-refractivity contribution >= 4 is 5.96 Å². The zero-order valence-corrected chi connectivity index (χ0v) is 13.1. The summed E-state index contributed by atoms with van der Waals surface area (Å²) in [4.78, 5) is 6.75. The number of rotatable bonds is 7. The number of hydrogen-bond acceptors (Lipinski definition) is 2. The second-order valence-corrected chi connectivity index (χ2v) is 5.97. The topological polar surface area (TPSA) is 53.6 Å². The van der Waals surface area contributed by atoms with Gasteiger partial charge in [0.15, 0.2) is 5.96 Å². The molecule has 2 rings (SSSR count). The molecular weight excluding hydrogens is 260 g/mol. The van der Waals surface area contributed by atoms with Crippen molar-refractivity contribution in [2.45, 2.75) is 44.7 Å². The van der Waals surface area contributed by atoms with E-state index in [1.165, 1.54) is 31.2 Å². The summed E-state index contributed by atoms with van der Waals surface area (Å²) in [6.07, 6.45) is 6.13. The lowest BCUT2D eigenvalue weighted by Crippen LogP contribution is -2.38. The first-order valence-electron chi connectivity index (χ1n) is 8.03. The van der Waals surface area contributed by atoms with E-state index in [1.807, 2.05) is 0 Å². The first-order valence-corrected chi connectivity index (χ1v) is 8.03. The summed E-state index contributed by atoms with van der Waals surface area (Å²) in [6, 6.07) is 11.1. The number of benzene rings is 1. The molecule has 4 heteroatoms. The van der Waals surface area contributed by atoms with Gasteiger partial charge in [-0.05, 0) is 38.4 Å². The number of nitrogens with one attached hydrogen (secondary N) is 1. The molecule has 0 aromatic heterocycles. The van der Waals surface area contributed by atoms with Crippen molar-refractivity contribution in [3.8, 4) is 0 Å². The predicted molar refractivity (Wildman–Crippen MR) is 89.3 cm³/mol. The molecule has 0 saturated heterocycles. The van der Waals surface area contributed by atoms with Crippen molar-refractivity contribution in [2.75, 3.05) is 20.1 Å². The summed E-state index contributed by atoms with van der Waals surface area (Å²) < 4.78 is 0. The first kappa shape index (κ1) is 15.8. The second kappa shape index (κ2) is 8.67. The van der Waals surface area contributed by atoms with Crippen molar-refractivity contribution in [1.82, 2.24) is 10.2 Å². The van der Waals surface area contributed by atoms with E-state index in [4.69, 9.17) is 5.73 Å². The van der Waals surface area contributed by atoms with E-state index in [2.05, 4.69) is 52.6 Å². The van der Waals surface area contributed by atoms with Gasteiger partial charge in [-0.3, -0.25) is 4.99 Å². The summed E-state index contributed by atoms with van der Waals surface area (Å²) in [5, 5.41) is 3.32. The molecule has 1 aliphatic rings. The number of nitrogens with two attached hydrogens (primary N) is 1. The highest BCUT2D eigenvalue weighted by atomic mass is 15.1. The van der Waals surface area contributed by atoms with E-state index >= 15 is 0 Å². The van der Waals surface area contributed by atoms with E-state index in [0.717, 1.165) is 26.1 Å². The van der Waals surface area contributed by atoms with Gasteiger partial charge in [-0.15, -0.1) is 0 Å². The predicted octanol–water partition coefficient (Wildman–Crippen LogP) is 2.36. The Bertz CT molecular complexity index is 424. The highest BCUT2D eigenvalue weighted by Crippen LogP contribution is 2.17. The smallest absolute Gasteiger partial charge is 0.188 e. The molecule has 0 atom stereocenters. The summed E-state index contributed by atoms with van der Waals surface area (Å²) in [7, 11) is 2.15. The minimum absolute atomic E-state index is 0.550. The van der Waals surface area contributed by atoms with Crippen molar-refractivity contribution in [2.24, 2.45) is 10.7 Å². The molecule has 4 nitrogen and oxygen atoms in total. The molecule has 0 spiro atoms. The summed E-state index contributed by atoms with van der Waals surface area (Å²) in [6.45, 7) is 2.82.